The molecular formula is C16H17FN4OS. The van der Waals surface area contributed by atoms with Gasteiger partial charge in [-0.05, 0) is 30.6 Å². The Labute approximate surface area is 138 Å². The summed E-state index contributed by atoms with van der Waals surface area (Å²) in [7, 11) is 1.47. The maximum Gasteiger partial charge on any atom is 0.165 e. The summed E-state index contributed by atoms with van der Waals surface area (Å²) in [6.45, 7) is 5.07. The van der Waals surface area contributed by atoms with Gasteiger partial charge >= 0.3 is 0 Å². The first-order valence-electron chi connectivity index (χ1n) is 7.34. The van der Waals surface area contributed by atoms with Crippen molar-refractivity contribution in [1.82, 2.24) is 4.37 Å². The molecule has 1 aliphatic rings. The van der Waals surface area contributed by atoms with E-state index in [4.69, 9.17) is 4.74 Å². The van der Waals surface area contributed by atoms with Crippen molar-refractivity contribution >= 4 is 22.2 Å². The molecule has 0 atom stereocenters. The van der Waals surface area contributed by atoms with Gasteiger partial charge in [0.25, 0.3) is 0 Å². The van der Waals surface area contributed by atoms with Crippen LogP contribution >= 0.6 is 11.5 Å². The molecule has 0 bridgehead atoms. The predicted molar refractivity (Wildman–Crippen MR) is 88.9 cm³/mol. The number of piperazine rings is 1. The fraction of sp³-hybridized carbons (Fsp3) is 0.375. The van der Waals surface area contributed by atoms with E-state index in [1.807, 2.05) is 6.92 Å². The van der Waals surface area contributed by atoms with Crippen molar-refractivity contribution in [2.75, 3.05) is 43.1 Å². The Morgan fingerprint density at radius 1 is 1.26 bits per heavy atom. The SMILES string of the molecule is COc1cc(N2CCN(c3snc(C)c3C#N)CC2)ccc1F. The minimum atomic E-state index is -0.353. The summed E-state index contributed by atoms with van der Waals surface area (Å²) in [4.78, 5) is 4.39. The molecule has 7 heteroatoms. The number of anilines is 2. The van der Waals surface area contributed by atoms with Crippen LogP contribution in [-0.4, -0.2) is 37.7 Å². The van der Waals surface area contributed by atoms with Crippen LogP contribution in [0, 0.1) is 24.1 Å². The highest BCUT2D eigenvalue weighted by atomic mass is 32.1. The molecule has 5 nitrogen and oxygen atoms in total. The molecule has 3 rings (SSSR count). The number of nitrogens with zero attached hydrogens (tertiary/aromatic N) is 4. The van der Waals surface area contributed by atoms with Gasteiger partial charge in [-0.2, -0.15) is 9.64 Å². The zero-order chi connectivity index (χ0) is 16.4. The smallest absolute Gasteiger partial charge is 0.165 e. The molecule has 0 unspecified atom stereocenters. The summed E-state index contributed by atoms with van der Waals surface area (Å²) >= 11 is 1.38. The van der Waals surface area contributed by atoms with E-state index in [1.165, 1.54) is 24.7 Å². The van der Waals surface area contributed by atoms with Gasteiger partial charge in [0.05, 0.1) is 12.8 Å². The number of aryl methyl sites for hydroxylation is 1. The second-order valence-electron chi connectivity index (χ2n) is 5.35. The quantitative estimate of drug-likeness (QED) is 0.865. The Balaban J connectivity index is 1.72. The molecule has 2 heterocycles. The number of aromatic nitrogens is 1. The van der Waals surface area contributed by atoms with Gasteiger partial charge in [0.15, 0.2) is 11.6 Å². The monoisotopic (exact) mass is 332 g/mol. The Bertz CT molecular complexity index is 747. The van der Waals surface area contributed by atoms with E-state index in [0.717, 1.165) is 42.6 Å². The first-order valence-corrected chi connectivity index (χ1v) is 8.11. The van der Waals surface area contributed by atoms with Crippen molar-refractivity contribution in [1.29, 1.82) is 5.26 Å². The third-order valence-corrected chi connectivity index (χ3v) is 5.02. The van der Waals surface area contributed by atoms with E-state index >= 15 is 0 Å². The number of methoxy groups -OCH3 is 1. The van der Waals surface area contributed by atoms with Gasteiger partial charge in [0, 0.05) is 37.9 Å². The molecular weight excluding hydrogens is 315 g/mol. The molecule has 1 fully saturated rings. The fourth-order valence-electron chi connectivity index (χ4n) is 2.72. The summed E-state index contributed by atoms with van der Waals surface area (Å²) in [6.07, 6.45) is 0. The van der Waals surface area contributed by atoms with Crippen LogP contribution < -0.4 is 14.5 Å². The molecule has 0 amide bonds. The first kappa shape index (κ1) is 15.6. The normalized spacial score (nSPS) is 14.7. The summed E-state index contributed by atoms with van der Waals surface area (Å²) in [5, 5.41) is 10.2. The lowest BCUT2D eigenvalue weighted by Crippen LogP contribution is -2.46. The zero-order valence-electron chi connectivity index (χ0n) is 13.0. The summed E-state index contributed by atoms with van der Waals surface area (Å²) < 4.78 is 22.8. The Kier molecular flexibility index (Phi) is 4.35. The molecule has 0 saturated carbocycles. The standard InChI is InChI=1S/C16H17FN4OS/c1-11-13(10-18)16(23-19-11)21-7-5-20(6-8-21)12-3-4-14(17)15(9-12)22-2/h3-4,9H,5-8H2,1-2H3. The molecule has 23 heavy (non-hydrogen) atoms. The minimum Gasteiger partial charge on any atom is -0.494 e. The maximum atomic E-state index is 13.5. The maximum absolute atomic E-state index is 13.5. The van der Waals surface area contributed by atoms with E-state index in [1.54, 1.807) is 12.1 Å². The van der Waals surface area contributed by atoms with Crippen LogP contribution in [0.15, 0.2) is 18.2 Å². The summed E-state index contributed by atoms with van der Waals surface area (Å²) in [5.41, 5.74) is 2.41. The Morgan fingerprint density at radius 3 is 2.61 bits per heavy atom. The van der Waals surface area contributed by atoms with Crippen molar-refractivity contribution in [3.63, 3.8) is 0 Å². The average Bonchev–Trinajstić information content (AvgIpc) is 2.96. The summed E-state index contributed by atoms with van der Waals surface area (Å²) in [5.74, 6) is -0.0940. The molecule has 1 aromatic heterocycles. The zero-order valence-corrected chi connectivity index (χ0v) is 13.9. The number of rotatable bonds is 3. The molecule has 1 aromatic carbocycles. The van der Waals surface area contributed by atoms with Crippen molar-refractivity contribution in [2.45, 2.75) is 6.92 Å². The molecule has 0 spiro atoms. The third kappa shape index (κ3) is 2.94. The van der Waals surface area contributed by atoms with Crippen LogP contribution in [0.2, 0.25) is 0 Å². The van der Waals surface area contributed by atoms with Gasteiger partial charge in [-0.25, -0.2) is 4.39 Å². The van der Waals surface area contributed by atoms with Crippen molar-refractivity contribution < 1.29 is 9.13 Å². The molecule has 1 saturated heterocycles. The van der Waals surface area contributed by atoms with E-state index in [0.29, 0.717) is 5.56 Å². The van der Waals surface area contributed by atoms with Gasteiger partial charge in [-0.15, -0.1) is 0 Å². The van der Waals surface area contributed by atoms with Gasteiger partial charge < -0.3 is 14.5 Å². The Morgan fingerprint density at radius 2 is 1.96 bits per heavy atom. The molecule has 2 aromatic rings. The number of hydrogen-bond acceptors (Lipinski definition) is 6. The van der Waals surface area contributed by atoms with Crippen molar-refractivity contribution in [3.05, 3.63) is 35.3 Å². The van der Waals surface area contributed by atoms with Crippen molar-refractivity contribution in [3.8, 4) is 11.8 Å². The number of benzene rings is 1. The van der Waals surface area contributed by atoms with Crippen molar-refractivity contribution in [2.24, 2.45) is 0 Å². The van der Waals surface area contributed by atoms with Crippen LogP contribution in [-0.2, 0) is 0 Å². The topological polar surface area (TPSA) is 52.4 Å². The molecule has 0 aliphatic carbocycles. The van der Waals surface area contributed by atoms with E-state index in [-0.39, 0.29) is 11.6 Å². The molecule has 0 radical (unpaired) electrons. The lowest BCUT2D eigenvalue weighted by molar-refractivity contribution is 0.386. The van der Waals surface area contributed by atoms with Crippen LogP contribution in [0.5, 0.6) is 5.75 Å². The average molecular weight is 332 g/mol. The number of hydrogen-bond donors (Lipinski definition) is 0. The number of nitriles is 1. The molecule has 1 aliphatic heterocycles. The van der Waals surface area contributed by atoms with E-state index in [9.17, 15) is 9.65 Å². The van der Waals surface area contributed by atoms with Gasteiger partial charge in [0.1, 0.15) is 16.6 Å². The predicted octanol–water partition coefficient (Wildman–Crippen LogP) is 2.80. The largest absolute Gasteiger partial charge is 0.494 e. The molecule has 120 valence electrons. The van der Waals surface area contributed by atoms with E-state index < -0.39 is 0 Å². The second kappa shape index (κ2) is 6.42. The highest BCUT2D eigenvalue weighted by Crippen LogP contribution is 2.30. The lowest BCUT2D eigenvalue weighted by Gasteiger charge is -2.36. The third-order valence-electron chi connectivity index (χ3n) is 4.02. The van der Waals surface area contributed by atoms with Crippen LogP contribution in [0.1, 0.15) is 11.3 Å². The number of halogens is 1. The number of ether oxygens (including phenoxy) is 1. The summed E-state index contributed by atoms with van der Waals surface area (Å²) in [6, 6.07) is 7.16. The lowest BCUT2D eigenvalue weighted by atomic mass is 10.2. The minimum absolute atomic E-state index is 0.259. The highest BCUT2D eigenvalue weighted by Gasteiger charge is 2.23. The van der Waals surface area contributed by atoms with Gasteiger partial charge in [-0.3, -0.25) is 0 Å². The second-order valence-corrected chi connectivity index (χ2v) is 6.10. The van der Waals surface area contributed by atoms with Crippen LogP contribution in [0.3, 0.4) is 0 Å². The fourth-order valence-corrected chi connectivity index (χ4v) is 3.61. The van der Waals surface area contributed by atoms with E-state index in [2.05, 4.69) is 20.2 Å². The highest BCUT2D eigenvalue weighted by molar-refractivity contribution is 7.10. The Hall–Kier alpha value is -2.33. The van der Waals surface area contributed by atoms with Crippen LogP contribution in [0.25, 0.3) is 0 Å². The van der Waals surface area contributed by atoms with Gasteiger partial charge in [0.2, 0.25) is 0 Å². The first-order chi connectivity index (χ1) is 11.1. The van der Waals surface area contributed by atoms with Crippen LogP contribution in [0.4, 0.5) is 15.1 Å². The molecule has 0 N–H and O–H groups in total. The van der Waals surface area contributed by atoms with Gasteiger partial charge in [-0.1, -0.05) is 0 Å².